The number of fused-ring (bicyclic) bond motifs is 1. The first-order chi connectivity index (χ1) is 13.5. The first-order valence-corrected chi connectivity index (χ1v) is 9.62. The van der Waals surface area contributed by atoms with Crippen molar-refractivity contribution in [2.45, 2.75) is 20.0 Å². The van der Waals surface area contributed by atoms with Crippen LogP contribution in [0.1, 0.15) is 17.0 Å². The monoisotopic (exact) mass is 443 g/mol. The number of benzene rings is 2. The third-order valence-electron chi connectivity index (χ3n) is 4.65. The van der Waals surface area contributed by atoms with E-state index in [-0.39, 0.29) is 13.2 Å². The highest BCUT2D eigenvalue weighted by Gasteiger charge is 2.25. The van der Waals surface area contributed by atoms with Crippen molar-refractivity contribution in [2.24, 2.45) is 5.92 Å². The standard InChI is InChI=1S/C21H18BrNO5/c1-12-18(23-20(28-12)13-2-5-16(22)6-3-13)11-26-17-7-4-14-8-15(21(24)25)10-27-19(14)9-17/h2-7,9,15H,8,10-11H2,1H3,(H,24,25). The Kier molecular flexibility index (Phi) is 5.09. The van der Waals surface area contributed by atoms with Crippen LogP contribution in [-0.2, 0) is 17.8 Å². The van der Waals surface area contributed by atoms with E-state index in [1.54, 1.807) is 6.07 Å². The van der Waals surface area contributed by atoms with Gasteiger partial charge in [-0.3, -0.25) is 4.79 Å². The van der Waals surface area contributed by atoms with Crippen molar-refractivity contribution >= 4 is 21.9 Å². The lowest BCUT2D eigenvalue weighted by atomic mass is 9.97. The molecule has 0 saturated carbocycles. The smallest absolute Gasteiger partial charge is 0.310 e. The molecule has 1 aromatic heterocycles. The van der Waals surface area contributed by atoms with Crippen LogP contribution in [0.15, 0.2) is 51.4 Å². The van der Waals surface area contributed by atoms with Gasteiger partial charge in [-0.15, -0.1) is 0 Å². The van der Waals surface area contributed by atoms with Crippen molar-refractivity contribution in [1.82, 2.24) is 4.98 Å². The Balaban J connectivity index is 1.45. The van der Waals surface area contributed by atoms with Crippen LogP contribution in [0.2, 0.25) is 0 Å². The minimum absolute atomic E-state index is 0.171. The predicted octanol–water partition coefficient (Wildman–Crippen LogP) is 4.63. The Morgan fingerprint density at radius 1 is 1.29 bits per heavy atom. The van der Waals surface area contributed by atoms with Gasteiger partial charge in [-0.1, -0.05) is 22.0 Å². The second-order valence-corrected chi connectivity index (χ2v) is 7.55. The Bertz CT molecular complexity index is 1010. The molecular weight excluding hydrogens is 426 g/mol. The van der Waals surface area contributed by atoms with Crippen LogP contribution in [-0.4, -0.2) is 22.7 Å². The van der Waals surface area contributed by atoms with E-state index in [0.717, 1.165) is 21.3 Å². The van der Waals surface area contributed by atoms with Gasteiger partial charge in [-0.05, 0) is 49.2 Å². The number of halogens is 1. The fourth-order valence-corrected chi connectivity index (χ4v) is 3.29. The quantitative estimate of drug-likeness (QED) is 0.618. The highest BCUT2D eigenvalue weighted by Crippen LogP contribution is 2.32. The van der Waals surface area contributed by atoms with Gasteiger partial charge in [-0.25, -0.2) is 4.98 Å². The van der Waals surface area contributed by atoms with E-state index in [9.17, 15) is 4.79 Å². The van der Waals surface area contributed by atoms with Gasteiger partial charge >= 0.3 is 5.97 Å². The van der Waals surface area contributed by atoms with E-state index in [2.05, 4.69) is 20.9 Å². The molecule has 0 fully saturated rings. The lowest BCUT2D eigenvalue weighted by molar-refractivity contribution is -0.143. The third kappa shape index (κ3) is 3.89. The summed E-state index contributed by atoms with van der Waals surface area (Å²) in [5, 5.41) is 9.13. The zero-order valence-electron chi connectivity index (χ0n) is 15.1. The number of carboxylic acids is 1. The molecule has 7 heteroatoms. The normalized spacial score (nSPS) is 15.6. The number of carbonyl (C=O) groups is 1. The molecule has 3 aromatic rings. The molecule has 0 saturated heterocycles. The fourth-order valence-electron chi connectivity index (χ4n) is 3.03. The van der Waals surface area contributed by atoms with Crippen LogP contribution >= 0.6 is 15.9 Å². The molecule has 144 valence electrons. The first-order valence-electron chi connectivity index (χ1n) is 8.83. The molecule has 1 unspecified atom stereocenters. The minimum Gasteiger partial charge on any atom is -0.492 e. The molecule has 4 rings (SSSR count). The molecule has 1 N–H and O–H groups in total. The zero-order valence-corrected chi connectivity index (χ0v) is 16.7. The maximum Gasteiger partial charge on any atom is 0.310 e. The van der Waals surface area contributed by atoms with Gasteiger partial charge in [0.15, 0.2) is 0 Å². The zero-order chi connectivity index (χ0) is 19.7. The predicted molar refractivity (Wildman–Crippen MR) is 105 cm³/mol. The van der Waals surface area contributed by atoms with Gasteiger partial charge < -0.3 is 19.0 Å². The van der Waals surface area contributed by atoms with Crippen LogP contribution in [0.3, 0.4) is 0 Å². The summed E-state index contributed by atoms with van der Waals surface area (Å²) < 4.78 is 18.2. The highest BCUT2D eigenvalue weighted by atomic mass is 79.9. The molecule has 0 radical (unpaired) electrons. The van der Waals surface area contributed by atoms with Crippen molar-refractivity contribution in [3.8, 4) is 23.0 Å². The van der Waals surface area contributed by atoms with Crippen molar-refractivity contribution in [1.29, 1.82) is 0 Å². The first kappa shape index (κ1) is 18.6. The van der Waals surface area contributed by atoms with Gasteiger partial charge in [0, 0.05) is 16.1 Å². The van der Waals surface area contributed by atoms with Gasteiger partial charge in [0.25, 0.3) is 0 Å². The van der Waals surface area contributed by atoms with Crippen molar-refractivity contribution in [3.63, 3.8) is 0 Å². The van der Waals surface area contributed by atoms with Crippen LogP contribution in [0.5, 0.6) is 11.5 Å². The van der Waals surface area contributed by atoms with Crippen molar-refractivity contribution in [3.05, 3.63) is 64.0 Å². The molecule has 1 aliphatic heterocycles. The summed E-state index contributed by atoms with van der Waals surface area (Å²) in [6.07, 6.45) is 0.462. The third-order valence-corrected chi connectivity index (χ3v) is 5.18. The molecule has 1 aliphatic rings. The lowest BCUT2D eigenvalue weighted by Gasteiger charge is -2.22. The Hall–Kier alpha value is -2.80. The summed E-state index contributed by atoms with van der Waals surface area (Å²) in [7, 11) is 0. The topological polar surface area (TPSA) is 81.8 Å². The molecule has 1 atom stereocenters. The summed E-state index contributed by atoms with van der Waals surface area (Å²) in [5.74, 6) is 1.22. The minimum atomic E-state index is -0.839. The number of aryl methyl sites for hydroxylation is 1. The maximum atomic E-state index is 11.1. The molecule has 6 nitrogen and oxygen atoms in total. The number of ether oxygens (including phenoxy) is 2. The molecule has 2 heterocycles. The lowest BCUT2D eigenvalue weighted by Crippen LogP contribution is -2.27. The van der Waals surface area contributed by atoms with Gasteiger partial charge in [-0.2, -0.15) is 0 Å². The van der Waals surface area contributed by atoms with E-state index in [0.29, 0.717) is 29.6 Å². The average molecular weight is 444 g/mol. The van der Waals surface area contributed by atoms with Crippen LogP contribution in [0.25, 0.3) is 11.5 Å². The van der Waals surface area contributed by atoms with Gasteiger partial charge in [0.2, 0.25) is 5.89 Å². The average Bonchev–Trinajstić information content (AvgIpc) is 3.07. The molecule has 0 aliphatic carbocycles. The van der Waals surface area contributed by atoms with Crippen molar-refractivity contribution < 1.29 is 23.8 Å². The fraction of sp³-hybridized carbons (Fsp3) is 0.238. The molecule has 28 heavy (non-hydrogen) atoms. The Morgan fingerprint density at radius 3 is 2.82 bits per heavy atom. The maximum absolute atomic E-state index is 11.1. The molecule has 0 bridgehead atoms. The summed E-state index contributed by atoms with van der Waals surface area (Å²) in [6, 6.07) is 13.2. The van der Waals surface area contributed by atoms with Gasteiger partial charge in [0.05, 0.1) is 5.92 Å². The Labute approximate surface area is 170 Å². The van der Waals surface area contributed by atoms with Crippen LogP contribution in [0.4, 0.5) is 0 Å². The second-order valence-electron chi connectivity index (χ2n) is 6.64. The second kappa shape index (κ2) is 7.67. The number of carboxylic acid groups (broad SMARTS) is 1. The molecule has 0 amide bonds. The number of aliphatic carboxylic acids is 1. The SMILES string of the molecule is Cc1oc(-c2ccc(Br)cc2)nc1COc1ccc2c(c1)OCC(C(=O)O)C2. The summed E-state index contributed by atoms with van der Waals surface area (Å²) in [4.78, 5) is 15.7. The number of hydrogen-bond donors (Lipinski definition) is 1. The number of hydrogen-bond acceptors (Lipinski definition) is 5. The van der Waals surface area contributed by atoms with Crippen molar-refractivity contribution in [2.75, 3.05) is 6.61 Å². The van der Waals surface area contributed by atoms with Gasteiger partial charge in [0.1, 0.15) is 36.2 Å². The summed E-state index contributed by atoms with van der Waals surface area (Å²) >= 11 is 3.41. The number of oxazole rings is 1. The van der Waals surface area contributed by atoms with E-state index in [4.69, 9.17) is 19.0 Å². The summed E-state index contributed by atoms with van der Waals surface area (Å²) in [5.41, 5.74) is 2.50. The van der Waals surface area contributed by atoms with E-state index >= 15 is 0 Å². The number of nitrogens with zero attached hydrogens (tertiary/aromatic N) is 1. The molecule has 0 spiro atoms. The highest BCUT2D eigenvalue weighted by molar-refractivity contribution is 9.10. The van der Waals surface area contributed by atoms with Crippen LogP contribution < -0.4 is 9.47 Å². The Morgan fingerprint density at radius 2 is 2.07 bits per heavy atom. The molecule has 2 aromatic carbocycles. The van der Waals surface area contributed by atoms with E-state index in [1.807, 2.05) is 43.3 Å². The number of aromatic nitrogens is 1. The van der Waals surface area contributed by atoms with Crippen LogP contribution in [0, 0.1) is 12.8 Å². The van der Waals surface area contributed by atoms with E-state index in [1.165, 1.54) is 0 Å². The molecular formula is C21H18BrNO5. The van der Waals surface area contributed by atoms with E-state index < -0.39 is 11.9 Å². The largest absolute Gasteiger partial charge is 0.492 e. The number of rotatable bonds is 5. The summed E-state index contributed by atoms with van der Waals surface area (Å²) in [6.45, 7) is 2.29.